The maximum atomic E-state index is 13.5. The number of hydrogen-bond acceptors (Lipinski definition) is 5. The Hall–Kier alpha value is -2.80. The predicted molar refractivity (Wildman–Crippen MR) is 110 cm³/mol. The summed E-state index contributed by atoms with van der Waals surface area (Å²) in [6.45, 7) is 3.45. The van der Waals surface area contributed by atoms with Gasteiger partial charge in [-0.05, 0) is 50.3 Å². The topological polar surface area (TPSA) is 69.3 Å². The van der Waals surface area contributed by atoms with Gasteiger partial charge < -0.3 is 0 Å². The molecule has 3 aromatic heterocycles. The number of benzene rings is 1. The van der Waals surface area contributed by atoms with Gasteiger partial charge in [0.25, 0.3) is 5.56 Å². The fourth-order valence-corrected chi connectivity index (χ4v) is 5.22. The quantitative estimate of drug-likeness (QED) is 0.383. The van der Waals surface area contributed by atoms with E-state index in [9.17, 15) is 9.59 Å². The van der Waals surface area contributed by atoms with Crippen molar-refractivity contribution < 1.29 is 4.79 Å². The molecular weight excluding hydrogens is 372 g/mol. The molecule has 7 heteroatoms. The van der Waals surface area contributed by atoms with Gasteiger partial charge in [-0.1, -0.05) is 24.1 Å². The largest absolute Gasteiger partial charge is 0.291 e. The molecule has 0 N–H and O–H groups in total. The van der Waals surface area contributed by atoms with E-state index in [1.165, 1.54) is 22.6 Å². The van der Waals surface area contributed by atoms with Crippen LogP contribution in [0.15, 0.2) is 29.1 Å². The third-order valence-electron chi connectivity index (χ3n) is 5.41. The van der Waals surface area contributed by atoms with E-state index in [-0.39, 0.29) is 17.2 Å². The molecule has 6 nitrogen and oxygen atoms in total. The highest BCUT2D eigenvalue weighted by atomic mass is 32.1. The van der Waals surface area contributed by atoms with Crippen molar-refractivity contribution in [2.24, 2.45) is 0 Å². The molecule has 1 aliphatic carbocycles. The zero-order valence-electron chi connectivity index (χ0n) is 15.9. The first-order valence-electron chi connectivity index (χ1n) is 9.58. The van der Waals surface area contributed by atoms with Crippen LogP contribution in [0.2, 0.25) is 0 Å². The highest BCUT2D eigenvalue weighted by molar-refractivity contribution is 7.18. The summed E-state index contributed by atoms with van der Waals surface area (Å²) in [6, 6.07) is 7.80. The van der Waals surface area contributed by atoms with Crippen LogP contribution >= 0.6 is 11.3 Å². The monoisotopic (exact) mass is 392 g/mol. The van der Waals surface area contributed by atoms with E-state index in [1.54, 1.807) is 16.0 Å². The van der Waals surface area contributed by atoms with Gasteiger partial charge in [-0.2, -0.15) is 4.68 Å². The van der Waals surface area contributed by atoms with Crippen LogP contribution in [0, 0.1) is 6.92 Å². The minimum absolute atomic E-state index is 0.128. The first-order chi connectivity index (χ1) is 13.5. The minimum Gasteiger partial charge on any atom is -0.291 e. The SMILES string of the molecule is CC(=O)c1nn(-c2ccc(C)cc2)c2nc3sc4c(c3c(=O)n12)CCCCC4. The van der Waals surface area contributed by atoms with E-state index in [4.69, 9.17) is 4.98 Å². The predicted octanol–water partition coefficient (Wildman–Crippen LogP) is 3.87. The van der Waals surface area contributed by atoms with Crippen molar-refractivity contribution in [3.8, 4) is 5.69 Å². The van der Waals surface area contributed by atoms with E-state index < -0.39 is 0 Å². The summed E-state index contributed by atoms with van der Waals surface area (Å²) in [5.74, 6) is 0.270. The highest BCUT2D eigenvalue weighted by Crippen LogP contribution is 2.33. The van der Waals surface area contributed by atoms with Crippen molar-refractivity contribution in [3.05, 3.63) is 56.4 Å². The summed E-state index contributed by atoms with van der Waals surface area (Å²) in [7, 11) is 0. The second kappa shape index (κ2) is 6.38. The zero-order chi connectivity index (χ0) is 19.4. The Morgan fingerprint density at radius 2 is 1.86 bits per heavy atom. The van der Waals surface area contributed by atoms with Crippen LogP contribution in [0.1, 0.15) is 52.8 Å². The highest BCUT2D eigenvalue weighted by Gasteiger charge is 2.24. The van der Waals surface area contributed by atoms with E-state index in [2.05, 4.69) is 5.10 Å². The van der Waals surface area contributed by atoms with Crippen LogP contribution in [-0.2, 0) is 12.8 Å². The molecule has 0 atom stereocenters. The lowest BCUT2D eigenvalue weighted by Crippen LogP contribution is -2.19. The summed E-state index contributed by atoms with van der Waals surface area (Å²) >= 11 is 1.62. The van der Waals surface area contributed by atoms with Crippen LogP contribution in [-0.4, -0.2) is 24.9 Å². The van der Waals surface area contributed by atoms with Crippen molar-refractivity contribution in [2.45, 2.75) is 46.0 Å². The molecule has 0 radical (unpaired) electrons. The minimum atomic E-state index is -0.250. The molecule has 5 rings (SSSR count). The van der Waals surface area contributed by atoms with Crippen molar-refractivity contribution in [1.82, 2.24) is 19.2 Å². The normalized spacial score (nSPS) is 14.4. The van der Waals surface area contributed by atoms with Gasteiger partial charge in [0.05, 0.1) is 11.1 Å². The summed E-state index contributed by atoms with van der Waals surface area (Å²) in [5, 5.41) is 5.13. The van der Waals surface area contributed by atoms with Crippen LogP contribution < -0.4 is 5.56 Å². The molecule has 0 aliphatic heterocycles. The maximum absolute atomic E-state index is 13.5. The Morgan fingerprint density at radius 3 is 2.61 bits per heavy atom. The number of aromatic nitrogens is 4. The molecule has 0 unspecified atom stereocenters. The van der Waals surface area contributed by atoms with Crippen LogP contribution in [0.3, 0.4) is 0 Å². The number of ketones is 1. The number of hydrogen-bond donors (Lipinski definition) is 0. The number of rotatable bonds is 2. The second-order valence-corrected chi connectivity index (χ2v) is 8.51. The average Bonchev–Trinajstić information content (AvgIpc) is 3.14. The molecule has 0 amide bonds. The van der Waals surface area contributed by atoms with Crippen LogP contribution in [0.25, 0.3) is 21.7 Å². The second-order valence-electron chi connectivity index (χ2n) is 7.42. The fraction of sp³-hybridized carbons (Fsp3) is 0.333. The fourth-order valence-electron chi connectivity index (χ4n) is 3.98. The van der Waals surface area contributed by atoms with Gasteiger partial charge in [-0.25, -0.2) is 9.38 Å². The molecule has 0 saturated carbocycles. The molecule has 0 bridgehead atoms. The third-order valence-corrected chi connectivity index (χ3v) is 6.60. The summed E-state index contributed by atoms with van der Waals surface area (Å²) in [6.07, 6.45) is 5.32. The van der Waals surface area contributed by atoms with Gasteiger partial charge in [-0.15, -0.1) is 16.4 Å². The Bertz CT molecular complexity index is 1290. The zero-order valence-corrected chi connectivity index (χ0v) is 16.7. The van der Waals surface area contributed by atoms with Gasteiger partial charge in [0.2, 0.25) is 11.6 Å². The number of carbonyl (C=O) groups is 1. The lowest BCUT2D eigenvalue weighted by Gasteiger charge is -2.03. The van der Waals surface area contributed by atoms with Gasteiger partial charge in [-0.3, -0.25) is 9.59 Å². The Kier molecular flexibility index (Phi) is 3.94. The molecule has 3 heterocycles. The van der Waals surface area contributed by atoms with E-state index in [0.29, 0.717) is 11.2 Å². The standard InChI is InChI=1S/C21H20N4O2S/c1-12-8-10-14(11-9-12)25-21-22-19-17(15-6-4-3-5-7-16(15)28-19)20(27)24(21)18(23-25)13(2)26/h8-11H,3-7H2,1-2H3. The molecule has 0 spiro atoms. The molecule has 0 saturated heterocycles. The molecule has 28 heavy (non-hydrogen) atoms. The Balaban J connectivity index is 1.88. The van der Waals surface area contributed by atoms with Crippen LogP contribution in [0.4, 0.5) is 0 Å². The number of fused-ring (bicyclic) bond motifs is 4. The van der Waals surface area contributed by atoms with Crippen molar-refractivity contribution in [1.29, 1.82) is 0 Å². The van der Waals surface area contributed by atoms with Gasteiger partial charge in [0.1, 0.15) is 4.83 Å². The summed E-state index contributed by atoms with van der Waals surface area (Å²) in [5.41, 5.74) is 2.85. The first-order valence-corrected chi connectivity index (χ1v) is 10.4. The number of thiophene rings is 1. The Morgan fingerprint density at radius 1 is 1.11 bits per heavy atom. The number of aryl methyl sites for hydroxylation is 3. The Labute approximate surface area is 165 Å². The number of Topliss-reactive ketones (excluding diaryl/α,β-unsaturated/α-hetero) is 1. The van der Waals surface area contributed by atoms with Crippen LogP contribution in [0.5, 0.6) is 0 Å². The molecule has 4 aromatic rings. The lowest BCUT2D eigenvalue weighted by molar-refractivity contribution is 0.100. The molecule has 1 aromatic carbocycles. The van der Waals surface area contributed by atoms with Crippen molar-refractivity contribution in [3.63, 3.8) is 0 Å². The maximum Gasteiger partial charge on any atom is 0.269 e. The summed E-state index contributed by atoms with van der Waals surface area (Å²) < 4.78 is 2.99. The molecule has 1 aliphatic rings. The lowest BCUT2D eigenvalue weighted by atomic mass is 10.1. The number of nitrogens with zero attached hydrogens (tertiary/aromatic N) is 4. The van der Waals surface area contributed by atoms with Gasteiger partial charge in [0, 0.05) is 11.8 Å². The molecule has 142 valence electrons. The van der Waals surface area contributed by atoms with Crippen molar-refractivity contribution >= 4 is 33.1 Å². The van der Waals surface area contributed by atoms with Gasteiger partial charge in [0.15, 0.2) is 5.78 Å². The van der Waals surface area contributed by atoms with E-state index in [1.807, 2.05) is 31.2 Å². The third kappa shape index (κ3) is 2.53. The molecular formula is C21H20N4O2S. The van der Waals surface area contributed by atoms with Gasteiger partial charge >= 0.3 is 0 Å². The molecule has 0 fully saturated rings. The smallest absolute Gasteiger partial charge is 0.269 e. The average molecular weight is 392 g/mol. The number of carbonyl (C=O) groups excluding carboxylic acids is 1. The van der Waals surface area contributed by atoms with E-state index in [0.717, 1.165) is 47.3 Å². The van der Waals surface area contributed by atoms with Crippen molar-refractivity contribution in [2.75, 3.05) is 0 Å². The first kappa shape index (κ1) is 17.3. The summed E-state index contributed by atoms with van der Waals surface area (Å²) in [4.78, 5) is 32.6. The van der Waals surface area contributed by atoms with E-state index >= 15 is 0 Å².